The summed E-state index contributed by atoms with van der Waals surface area (Å²) in [4.78, 5) is 10.7. The number of benzene rings is 1. The molecule has 0 aliphatic heterocycles. The maximum absolute atomic E-state index is 10.7. The number of rotatable bonds is 8. The van der Waals surface area contributed by atoms with Crippen molar-refractivity contribution in [1.82, 2.24) is 5.32 Å². The first-order valence-corrected chi connectivity index (χ1v) is 7.21. The Morgan fingerprint density at radius 3 is 2.52 bits per heavy atom. The van der Waals surface area contributed by atoms with E-state index in [1.165, 1.54) is 0 Å². The molecule has 0 bridgehead atoms. The van der Waals surface area contributed by atoms with Crippen LogP contribution in [0.15, 0.2) is 12.1 Å². The second-order valence-corrected chi connectivity index (χ2v) is 5.18. The average molecular weight is 295 g/mol. The van der Waals surface area contributed by atoms with Crippen molar-refractivity contribution < 1.29 is 19.7 Å². The SMILES string of the molecule is CCOc1cc(C)c(C(O)C(CCC(=O)O)NC)cc1C. The number of nitrogens with one attached hydrogen (secondary N) is 1. The molecule has 0 spiro atoms. The molecule has 5 heteroatoms. The summed E-state index contributed by atoms with van der Waals surface area (Å²) in [5, 5.41) is 22.3. The van der Waals surface area contributed by atoms with Crippen LogP contribution in [0.5, 0.6) is 5.75 Å². The molecular formula is C16H25NO4. The molecule has 1 rings (SSSR count). The monoisotopic (exact) mass is 295 g/mol. The van der Waals surface area contributed by atoms with Gasteiger partial charge in [0.2, 0.25) is 0 Å². The van der Waals surface area contributed by atoms with Gasteiger partial charge in [-0.3, -0.25) is 4.79 Å². The maximum atomic E-state index is 10.7. The van der Waals surface area contributed by atoms with Gasteiger partial charge in [0.1, 0.15) is 5.75 Å². The standard InChI is InChI=1S/C16H25NO4/c1-5-21-14-9-10(2)12(8-11(14)3)16(20)13(17-4)6-7-15(18)19/h8-9,13,16-17,20H,5-7H2,1-4H3,(H,18,19). The van der Waals surface area contributed by atoms with Gasteiger partial charge in [-0.2, -0.15) is 0 Å². The minimum Gasteiger partial charge on any atom is -0.494 e. The van der Waals surface area contributed by atoms with Crippen LogP contribution in [-0.4, -0.2) is 35.9 Å². The molecule has 1 aromatic rings. The van der Waals surface area contributed by atoms with Gasteiger partial charge in [0.05, 0.1) is 12.7 Å². The van der Waals surface area contributed by atoms with Gasteiger partial charge >= 0.3 is 5.97 Å². The van der Waals surface area contributed by atoms with E-state index in [0.29, 0.717) is 13.0 Å². The smallest absolute Gasteiger partial charge is 0.303 e. The Kier molecular flexibility index (Phi) is 6.65. The van der Waals surface area contributed by atoms with Crippen LogP contribution in [0.4, 0.5) is 0 Å². The molecule has 2 unspecified atom stereocenters. The number of aryl methyl sites for hydroxylation is 2. The molecule has 118 valence electrons. The number of carbonyl (C=O) groups is 1. The van der Waals surface area contributed by atoms with E-state index >= 15 is 0 Å². The number of hydrogen-bond donors (Lipinski definition) is 3. The van der Waals surface area contributed by atoms with Crippen molar-refractivity contribution in [3.63, 3.8) is 0 Å². The Labute approximate surface area is 125 Å². The zero-order valence-electron chi connectivity index (χ0n) is 13.1. The van der Waals surface area contributed by atoms with Crippen molar-refractivity contribution >= 4 is 5.97 Å². The summed E-state index contributed by atoms with van der Waals surface area (Å²) in [6.45, 7) is 6.39. The minimum atomic E-state index is -0.859. The lowest BCUT2D eigenvalue weighted by atomic mass is 9.93. The number of ether oxygens (including phenoxy) is 1. The molecule has 3 N–H and O–H groups in total. The predicted molar refractivity (Wildman–Crippen MR) is 81.8 cm³/mol. The van der Waals surface area contributed by atoms with E-state index in [9.17, 15) is 9.90 Å². The fourth-order valence-corrected chi connectivity index (χ4v) is 2.40. The summed E-state index contributed by atoms with van der Waals surface area (Å²) in [5.74, 6) is -0.0421. The number of likely N-dealkylation sites (N-methyl/N-ethyl adjacent to an activating group) is 1. The van der Waals surface area contributed by atoms with Crippen LogP contribution in [0.1, 0.15) is 42.6 Å². The Hall–Kier alpha value is -1.59. The summed E-state index contributed by atoms with van der Waals surface area (Å²) in [6, 6.07) is 3.54. The van der Waals surface area contributed by atoms with Crippen molar-refractivity contribution in [3.05, 3.63) is 28.8 Å². The van der Waals surface area contributed by atoms with Gasteiger partial charge in [0.15, 0.2) is 0 Å². The number of carboxylic acid groups (broad SMARTS) is 1. The second kappa shape index (κ2) is 8.00. The Morgan fingerprint density at radius 2 is 2.00 bits per heavy atom. The van der Waals surface area contributed by atoms with Gasteiger partial charge in [0.25, 0.3) is 0 Å². The van der Waals surface area contributed by atoms with Crippen LogP contribution in [0.3, 0.4) is 0 Å². The van der Waals surface area contributed by atoms with Crippen molar-refractivity contribution in [2.24, 2.45) is 0 Å². The summed E-state index contributed by atoms with van der Waals surface area (Å²) >= 11 is 0. The molecule has 0 aromatic heterocycles. The highest BCUT2D eigenvalue weighted by Gasteiger charge is 2.22. The van der Waals surface area contributed by atoms with Gasteiger partial charge in [-0.25, -0.2) is 0 Å². The van der Waals surface area contributed by atoms with E-state index in [-0.39, 0.29) is 12.5 Å². The number of aliphatic hydroxyl groups is 1. The number of aliphatic carboxylic acids is 1. The van der Waals surface area contributed by atoms with E-state index in [1.807, 2.05) is 32.9 Å². The Bertz CT molecular complexity index is 487. The zero-order chi connectivity index (χ0) is 16.0. The topological polar surface area (TPSA) is 78.8 Å². The Balaban J connectivity index is 2.96. The molecule has 1 aromatic carbocycles. The molecule has 0 aliphatic carbocycles. The highest BCUT2D eigenvalue weighted by Crippen LogP contribution is 2.29. The normalized spacial score (nSPS) is 13.8. The molecule has 0 aliphatic rings. The van der Waals surface area contributed by atoms with Crippen molar-refractivity contribution in [2.45, 2.75) is 45.8 Å². The molecular weight excluding hydrogens is 270 g/mol. The molecule has 5 nitrogen and oxygen atoms in total. The minimum absolute atomic E-state index is 0.0254. The quantitative estimate of drug-likeness (QED) is 0.685. The zero-order valence-corrected chi connectivity index (χ0v) is 13.1. The summed E-state index contributed by atoms with van der Waals surface area (Å²) < 4.78 is 5.54. The highest BCUT2D eigenvalue weighted by molar-refractivity contribution is 5.66. The average Bonchev–Trinajstić information content (AvgIpc) is 2.42. The first kappa shape index (κ1) is 17.5. The van der Waals surface area contributed by atoms with Crippen molar-refractivity contribution in [1.29, 1.82) is 0 Å². The molecule has 0 amide bonds. The van der Waals surface area contributed by atoms with E-state index < -0.39 is 12.1 Å². The lowest BCUT2D eigenvalue weighted by molar-refractivity contribution is -0.137. The van der Waals surface area contributed by atoms with Crippen LogP contribution >= 0.6 is 0 Å². The number of hydrogen-bond acceptors (Lipinski definition) is 4. The first-order chi connectivity index (χ1) is 9.90. The summed E-state index contributed by atoms with van der Waals surface area (Å²) in [5.41, 5.74) is 2.71. The molecule has 0 fully saturated rings. The van der Waals surface area contributed by atoms with Crippen LogP contribution < -0.4 is 10.1 Å². The predicted octanol–water partition coefficient (Wildman–Crippen LogP) is 2.19. The summed E-state index contributed by atoms with van der Waals surface area (Å²) in [6.07, 6.45) is -0.347. The third-order valence-corrected chi connectivity index (χ3v) is 3.60. The van der Waals surface area contributed by atoms with E-state index in [1.54, 1.807) is 7.05 Å². The fraction of sp³-hybridized carbons (Fsp3) is 0.562. The molecule has 0 saturated carbocycles. The van der Waals surface area contributed by atoms with Gasteiger partial charge in [-0.15, -0.1) is 0 Å². The van der Waals surface area contributed by atoms with Crippen LogP contribution in [0, 0.1) is 13.8 Å². The van der Waals surface area contributed by atoms with Gasteiger partial charge in [-0.1, -0.05) is 0 Å². The maximum Gasteiger partial charge on any atom is 0.303 e. The molecule has 0 heterocycles. The third-order valence-electron chi connectivity index (χ3n) is 3.60. The molecule has 0 saturated heterocycles. The van der Waals surface area contributed by atoms with Gasteiger partial charge in [-0.05, 0) is 63.1 Å². The first-order valence-electron chi connectivity index (χ1n) is 7.21. The highest BCUT2D eigenvalue weighted by atomic mass is 16.5. The lowest BCUT2D eigenvalue weighted by Gasteiger charge is -2.24. The van der Waals surface area contributed by atoms with Crippen molar-refractivity contribution in [3.8, 4) is 5.75 Å². The Morgan fingerprint density at radius 1 is 1.33 bits per heavy atom. The number of carboxylic acids is 1. The van der Waals surface area contributed by atoms with E-state index in [2.05, 4.69) is 5.32 Å². The van der Waals surface area contributed by atoms with E-state index in [4.69, 9.17) is 9.84 Å². The van der Waals surface area contributed by atoms with Crippen LogP contribution in [0.2, 0.25) is 0 Å². The molecule has 2 atom stereocenters. The number of aliphatic hydroxyl groups excluding tert-OH is 1. The van der Waals surface area contributed by atoms with Crippen LogP contribution in [0.25, 0.3) is 0 Å². The second-order valence-electron chi connectivity index (χ2n) is 5.18. The van der Waals surface area contributed by atoms with Gasteiger partial charge < -0.3 is 20.3 Å². The fourth-order valence-electron chi connectivity index (χ4n) is 2.40. The molecule has 21 heavy (non-hydrogen) atoms. The largest absolute Gasteiger partial charge is 0.494 e. The molecule has 0 radical (unpaired) electrons. The third kappa shape index (κ3) is 4.72. The van der Waals surface area contributed by atoms with Crippen LogP contribution in [-0.2, 0) is 4.79 Å². The van der Waals surface area contributed by atoms with Gasteiger partial charge in [0, 0.05) is 12.5 Å². The van der Waals surface area contributed by atoms with E-state index in [0.717, 1.165) is 22.4 Å². The lowest BCUT2D eigenvalue weighted by Crippen LogP contribution is -2.33. The van der Waals surface area contributed by atoms with Crippen molar-refractivity contribution in [2.75, 3.05) is 13.7 Å². The summed E-state index contributed by atoms with van der Waals surface area (Å²) in [7, 11) is 1.73.